The van der Waals surface area contributed by atoms with Gasteiger partial charge >= 0.3 is 0 Å². The van der Waals surface area contributed by atoms with E-state index in [0.29, 0.717) is 43.6 Å². The van der Waals surface area contributed by atoms with E-state index in [1.807, 2.05) is 20.8 Å². The molecule has 3 aromatic rings. The second-order valence-corrected chi connectivity index (χ2v) is 14.3. The van der Waals surface area contributed by atoms with Crippen LogP contribution in [0.4, 0.5) is 8.78 Å². The number of hydrogen-bond acceptors (Lipinski definition) is 5. The van der Waals surface area contributed by atoms with Crippen LogP contribution in [-0.4, -0.2) is 66.7 Å². The molecular formula is C36H44F2N2O5S. The molecule has 4 rings (SSSR count). The van der Waals surface area contributed by atoms with Crippen LogP contribution in [-0.2, 0) is 16.4 Å². The highest BCUT2D eigenvalue weighted by molar-refractivity contribution is 7.89. The van der Waals surface area contributed by atoms with E-state index in [9.17, 15) is 31.9 Å². The molecule has 0 aromatic heterocycles. The Morgan fingerprint density at radius 2 is 1.59 bits per heavy atom. The number of carbonyl (C=O) groups excluding carboxylic acids is 2. The van der Waals surface area contributed by atoms with Crippen molar-refractivity contribution >= 4 is 21.7 Å². The number of aliphatic hydroxyl groups is 1. The van der Waals surface area contributed by atoms with E-state index < -0.39 is 39.6 Å². The first kappa shape index (κ1) is 35.4. The SMILES string of the molecule is CCCN(CCC)C(=O)c1cc(C)cc(C(=O)CC(Cc2cc(F)cc(F)c2)[C@H](O)C2CCCN(S(=O)(=O)c3ccccc3)C2)c1. The number of carbonyl (C=O) groups is 2. The van der Waals surface area contributed by atoms with Gasteiger partial charge in [0.05, 0.1) is 11.0 Å². The lowest BCUT2D eigenvalue weighted by atomic mass is 9.79. The molecule has 7 nitrogen and oxygen atoms in total. The fraction of sp³-hybridized carbons (Fsp3) is 0.444. The fourth-order valence-electron chi connectivity index (χ4n) is 6.40. The van der Waals surface area contributed by atoms with Crippen molar-refractivity contribution in [2.24, 2.45) is 11.8 Å². The van der Waals surface area contributed by atoms with E-state index in [4.69, 9.17) is 0 Å². The largest absolute Gasteiger partial charge is 0.392 e. The minimum atomic E-state index is -3.80. The quantitative estimate of drug-likeness (QED) is 0.202. The number of ketones is 1. The zero-order chi connectivity index (χ0) is 33.4. The van der Waals surface area contributed by atoms with Gasteiger partial charge in [0.15, 0.2) is 5.78 Å². The average molecular weight is 655 g/mol. The van der Waals surface area contributed by atoms with Crippen LogP contribution < -0.4 is 0 Å². The molecule has 3 atom stereocenters. The van der Waals surface area contributed by atoms with Crippen LogP contribution in [0.5, 0.6) is 0 Å². The minimum absolute atomic E-state index is 0.00189. The predicted octanol–water partition coefficient (Wildman–Crippen LogP) is 6.43. The Kier molecular flexibility index (Phi) is 12.2. The summed E-state index contributed by atoms with van der Waals surface area (Å²) in [6.07, 6.45) is 1.34. The van der Waals surface area contributed by atoms with E-state index in [1.54, 1.807) is 41.3 Å². The number of aliphatic hydroxyl groups excluding tert-OH is 1. The van der Waals surface area contributed by atoms with Gasteiger partial charge in [0.25, 0.3) is 5.91 Å². The number of piperidine rings is 1. The highest BCUT2D eigenvalue weighted by atomic mass is 32.2. The monoisotopic (exact) mass is 654 g/mol. The number of aryl methyl sites for hydroxylation is 1. The Balaban J connectivity index is 1.61. The summed E-state index contributed by atoms with van der Waals surface area (Å²) in [7, 11) is -3.80. The molecule has 248 valence electrons. The number of rotatable bonds is 14. The first-order chi connectivity index (χ1) is 21.9. The van der Waals surface area contributed by atoms with Crippen LogP contribution >= 0.6 is 0 Å². The van der Waals surface area contributed by atoms with Crippen molar-refractivity contribution < 1.29 is 31.9 Å². The fourth-order valence-corrected chi connectivity index (χ4v) is 7.96. The minimum Gasteiger partial charge on any atom is -0.392 e. The van der Waals surface area contributed by atoms with Crippen LogP contribution in [0.3, 0.4) is 0 Å². The summed E-state index contributed by atoms with van der Waals surface area (Å²) in [5.41, 5.74) is 1.74. The molecule has 10 heteroatoms. The molecule has 46 heavy (non-hydrogen) atoms. The number of sulfonamides is 1. The number of amides is 1. The normalized spacial score (nSPS) is 17.0. The van der Waals surface area contributed by atoms with E-state index in [0.717, 1.165) is 24.5 Å². The molecule has 1 fully saturated rings. The maximum atomic E-state index is 14.2. The van der Waals surface area contributed by atoms with Crippen LogP contribution in [0.15, 0.2) is 71.6 Å². The number of nitrogens with zero attached hydrogens (tertiary/aromatic N) is 2. The molecule has 1 amide bonds. The van der Waals surface area contributed by atoms with Crippen molar-refractivity contribution in [3.63, 3.8) is 0 Å². The van der Waals surface area contributed by atoms with Gasteiger partial charge < -0.3 is 10.0 Å². The van der Waals surface area contributed by atoms with Gasteiger partial charge in [-0.3, -0.25) is 9.59 Å². The van der Waals surface area contributed by atoms with Gasteiger partial charge in [-0.25, -0.2) is 17.2 Å². The molecule has 1 aliphatic rings. The summed E-state index contributed by atoms with van der Waals surface area (Å²) < 4.78 is 56.4. The van der Waals surface area contributed by atoms with Gasteiger partial charge in [0, 0.05) is 49.8 Å². The third-order valence-electron chi connectivity index (χ3n) is 8.56. The van der Waals surface area contributed by atoms with Crippen LogP contribution in [0.1, 0.15) is 77.8 Å². The van der Waals surface area contributed by atoms with Crippen LogP contribution in [0.2, 0.25) is 0 Å². The van der Waals surface area contributed by atoms with Gasteiger partial charge in [-0.1, -0.05) is 32.0 Å². The number of benzene rings is 3. The summed E-state index contributed by atoms with van der Waals surface area (Å²) in [5.74, 6) is -3.28. The summed E-state index contributed by atoms with van der Waals surface area (Å²) in [5, 5.41) is 11.7. The maximum Gasteiger partial charge on any atom is 0.253 e. The van der Waals surface area contributed by atoms with Crippen LogP contribution in [0.25, 0.3) is 0 Å². The lowest BCUT2D eigenvalue weighted by molar-refractivity contribution is 0.0231. The molecule has 0 saturated carbocycles. The number of Topliss-reactive ketones (excluding diaryl/α,β-unsaturated/α-hetero) is 1. The third kappa shape index (κ3) is 8.86. The van der Waals surface area contributed by atoms with Gasteiger partial charge in [0.1, 0.15) is 11.6 Å². The molecule has 1 saturated heterocycles. The van der Waals surface area contributed by atoms with Crippen molar-refractivity contribution in [1.82, 2.24) is 9.21 Å². The molecular weight excluding hydrogens is 610 g/mol. The molecule has 1 aliphatic heterocycles. The highest BCUT2D eigenvalue weighted by Gasteiger charge is 2.37. The van der Waals surface area contributed by atoms with E-state index in [-0.39, 0.29) is 41.5 Å². The zero-order valence-corrected chi connectivity index (χ0v) is 27.6. The second-order valence-electron chi connectivity index (χ2n) is 12.3. The van der Waals surface area contributed by atoms with Gasteiger partial charge in [-0.2, -0.15) is 4.31 Å². The van der Waals surface area contributed by atoms with Crippen molar-refractivity contribution in [2.45, 2.75) is 70.3 Å². The summed E-state index contributed by atoms with van der Waals surface area (Å²) in [6.45, 7) is 7.35. The molecule has 2 unspecified atom stereocenters. The standard InChI is InChI=1S/C36H44F2N2O5S/c1-4-13-39(14-5-2)36(43)30-17-25(3)16-28(21-30)34(41)22-29(18-26-19-31(37)23-32(38)20-26)35(42)27-10-9-15-40(24-27)46(44,45)33-11-7-6-8-12-33/h6-8,11-12,16-17,19-21,23,27,29,35,42H,4-5,9-10,13-15,18,22,24H2,1-3H3/t27?,29?,35-/m1/s1. The smallest absolute Gasteiger partial charge is 0.253 e. The zero-order valence-electron chi connectivity index (χ0n) is 26.8. The van der Waals surface area contributed by atoms with Gasteiger partial charge in [-0.15, -0.1) is 0 Å². The third-order valence-corrected chi connectivity index (χ3v) is 10.4. The topological polar surface area (TPSA) is 95.0 Å². The Hall–Kier alpha value is -3.47. The van der Waals surface area contributed by atoms with Crippen molar-refractivity contribution in [3.8, 4) is 0 Å². The first-order valence-electron chi connectivity index (χ1n) is 16.0. The molecule has 3 aromatic carbocycles. The highest BCUT2D eigenvalue weighted by Crippen LogP contribution is 2.32. The average Bonchev–Trinajstić information content (AvgIpc) is 3.03. The van der Waals surface area contributed by atoms with Gasteiger partial charge in [-0.05, 0) is 104 Å². The number of halogens is 2. The Bertz CT molecular complexity index is 1590. The van der Waals surface area contributed by atoms with Crippen molar-refractivity contribution in [1.29, 1.82) is 0 Å². The molecule has 1 N–H and O–H groups in total. The maximum absolute atomic E-state index is 14.2. The summed E-state index contributed by atoms with van der Waals surface area (Å²) in [6, 6.07) is 16.2. The molecule has 0 bridgehead atoms. The van der Waals surface area contributed by atoms with E-state index >= 15 is 0 Å². The Labute approximate surface area is 271 Å². The summed E-state index contributed by atoms with van der Waals surface area (Å²) >= 11 is 0. The molecule has 0 radical (unpaired) electrons. The lowest BCUT2D eigenvalue weighted by Gasteiger charge is -2.37. The number of hydrogen-bond donors (Lipinski definition) is 1. The molecule has 0 spiro atoms. The van der Waals surface area contributed by atoms with Gasteiger partial charge in [0.2, 0.25) is 10.0 Å². The lowest BCUT2D eigenvalue weighted by Crippen LogP contribution is -2.45. The summed E-state index contributed by atoms with van der Waals surface area (Å²) in [4.78, 5) is 29.1. The van der Waals surface area contributed by atoms with E-state index in [2.05, 4.69) is 0 Å². The van der Waals surface area contributed by atoms with E-state index in [1.165, 1.54) is 28.6 Å². The molecule has 1 heterocycles. The Morgan fingerprint density at radius 3 is 2.22 bits per heavy atom. The molecule has 0 aliphatic carbocycles. The van der Waals surface area contributed by atoms with Crippen molar-refractivity contribution in [3.05, 3.63) is 101 Å². The first-order valence-corrected chi connectivity index (χ1v) is 17.5. The van der Waals surface area contributed by atoms with Crippen LogP contribution in [0, 0.1) is 30.4 Å². The van der Waals surface area contributed by atoms with Crippen molar-refractivity contribution in [2.75, 3.05) is 26.2 Å². The predicted molar refractivity (Wildman–Crippen MR) is 174 cm³/mol. The second kappa shape index (κ2) is 15.9. The Morgan fingerprint density at radius 1 is 0.957 bits per heavy atom.